The van der Waals surface area contributed by atoms with Gasteiger partial charge in [0.1, 0.15) is 17.4 Å². The fourth-order valence-electron chi connectivity index (χ4n) is 4.86. The first-order valence-electron chi connectivity index (χ1n) is 13.7. The molecular formula is C32H32N8. The average molecular weight is 529 g/mol. The zero-order chi connectivity index (χ0) is 27.7. The van der Waals surface area contributed by atoms with E-state index in [1.165, 1.54) is 5.56 Å². The second-order valence-electron chi connectivity index (χ2n) is 9.40. The van der Waals surface area contributed by atoms with Crippen LogP contribution in [0.15, 0.2) is 85.2 Å². The topological polar surface area (TPSA) is 104 Å². The molecule has 0 amide bonds. The largest absolute Gasteiger partial charge is 0.367 e. The second kappa shape index (κ2) is 12.9. The lowest BCUT2D eigenvalue weighted by molar-refractivity contribution is 0.211. The van der Waals surface area contributed by atoms with Crippen LogP contribution in [0.4, 0.5) is 5.82 Å². The Morgan fingerprint density at radius 2 is 1.52 bits per heavy atom. The summed E-state index contributed by atoms with van der Waals surface area (Å²) in [4.78, 5) is 24.9. The molecule has 0 saturated carbocycles. The van der Waals surface area contributed by atoms with Gasteiger partial charge in [0, 0.05) is 49.2 Å². The molecule has 1 fully saturated rings. The number of fused-ring (bicyclic) bond motifs is 1. The van der Waals surface area contributed by atoms with E-state index in [9.17, 15) is 0 Å². The highest BCUT2D eigenvalue weighted by atomic mass is 15.1. The van der Waals surface area contributed by atoms with Crippen molar-refractivity contribution in [3.05, 3.63) is 96.6 Å². The molecule has 5 aromatic rings. The van der Waals surface area contributed by atoms with Crippen molar-refractivity contribution in [1.29, 1.82) is 5.26 Å². The number of rotatable bonds is 6. The molecule has 8 nitrogen and oxygen atoms in total. The van der Waals surface area contributed by atoms with Crippen LogP contribution < -0.4 is 5.32 Å². The minimum atomic E-state index is 0.192. The van der Waals surface area contributed by atoms with E-state index in [2.05, 4.69) is 61.6 Å². The fourth-order valence-corrected chi connectivity index (χ4v) is 4.86. The average Bonchev–Trinajstić information content (AvgIpc) is 3.03. The summed E-state index contributed by atoms with van der Waals surface area (Å²) < 4.78 is 0. The lowest BCUT2D eigenvalue weighted by Gasteiger charge is -2.32. The van der Waals surface area contributed by atoms with Crippen molar-refractivity contribution >= 4 is 17.0 Å². The van der Waals surface area contributed by atoms with Crippen LogP contribution in [-0.2, 0) is 6.54 Å². The summed E-state index contributed by atoms with van der Waals surface area (Å²) in [5, 5.41) is 12.5. The smallest absolute Gasteiger partial charge is 0.234 e. The molecule has 1 N–H and O–H groups in total. The van der Waals surface area contributed by atoms with Crippen LogP contribution >= 0.6 is 0 Å². The Labute approximate surface area is 234 Å². The van der Waals surface area contributed by atoms with Crippen molar-refractivity contribution in [2.45, 2.75) is 39.3 Å². The number of likely N-dealkylation sites (tertiary alicyclic amines) is 1. The highest BCUT2D eigenvalue weighted by Crippen LogP contribution is 2.31. The van der Waals surface area contributed by atoms with Crippen LogP contribution in [0.1, 0.15) is 38.1 Å². The van der Waals surface area contributed by atoms with Gasteiger partial charge in [0.25, 0.3) is 0 Å². The molecule has 0 unspecified atom stereocenters. The molecule has 0 aliphatic carbocycles. The Bertz CT molecular complexity index is 1590. The van der Waals surface area contributed by atoms with Gasteiger partial charge in [-0.05, 0) is 36.6 Å². The van der Waals surface area contributed by atoms with E-state index in [0.29, 0.717) is 17.5 Å². The second-order valence-corrected chi connectivity index (χ2v) is 9.40. The van der Waals surface area contributed by atoms with Gasteiger partial charge in [-0.15, -0.1) is 0 Å². The summed E-state index contributed by atoms with van der Waals surface area (Å²) in [5.41, 5.74) is 6.46. The number of aromatic nitrogens is 5. The highest BCUT2D eigenvalue weighted by Gasteiger charge is 2.20. The summed E-state index contributed by atoms with van der Waals surface area (Å²) in [6.45, 7) is 6.89. The van der Waals surface area contributed by atoms with Gasteiger partial charge in [-0.2, -0.15) is 5.26 Å². The number of pyridine rings is 1. The minimum absolute atomic E-state index is 0.192. The number of piperidine rings is 1. The molecule has 8 heteroatoms. The lowest BCUT2D eigenvalue weighted by atomic mass is 10.0. The van der Waals surface area contributed by atoms with E-state index < -0.39 is 0 Å². The molecule has 200 valence electrons. The Morgan fingerprint density at radius 1 is 0.800 bits per heavy atom. The molecule has 0 radical (unpaired) electrons. The first-order valence-corrected chi connectivity index (χ1v) is 13.7. The molecule has 1 aliphatic heterocycles. The van der Waals surface area contributed by atoms with Crippen LogP contribution in [0, 0.1) is 11.3 Å². The van der Waals surface area contributed by atoms with Gasteiger partial charge in [0.05, 0.1) is 11.4 Å². The maximum absolute atomic E-state index is 9.01. The third-order valence-corrected chi connectivity index (χ3v) is 6.82. The first kappa shape index (κ1) is 26.9. The summed E-state index contributed by atoms with van der Waals surface area (Å²) in [6.07, 6.45) is 5.41. The van der Waals surface area contributed by atoms with Crippen LogP contribution in [0.25, 0.3) is 33.7 Å². The zero-order valence-electron chi connectivity index (χ0n) is 22.8. The van der Waals surface area contributed by atoms with Gasteiger partial charge >= 0.3 is 0 Å². The number of anilines is 1. The van der Waals surface area contributed by atoms with Gasteiger partial charge < -0.3 is 5.32 Å². The molecule has 1 saturated heterocycles. The van der Waals surface area contributed by atoms with E-state index in [1.807, 2.05) is 56.3 Å². The zero-order valence-corrected chi connectivity index (χ0v) is 22.8. The number of nitriles is 1. The van der Waals surface area contributed by atoms with Crippen molar-refractivity contribution in [2.24, 2.45) is 0 Å². The molecule has 4 heterocycles. The third kappa shape index (κ3) is 6.28. The van der Waals surface area contributed by atoms with Crippen molar-refractivity contribution in [3.63, 3.8) is 0 Å². The van der Waals surface area contributed by atoms with E-state index in [0.717, 1.165) is 60.5 Å². The number of nitrogens with zero attached hydrogens (tertiary/aromatic N) is 7. The first-order chi connectivity index (χ1) is 19.7. The van der Waals surface area contributed by atoms with Gasteiger partial charge in [0.2, 0.25) is 5.82 Å². The van der Waals surface area contributed by atoms with E-state index in [-0.39, 0.29) is 5.82 Å². The van der Waals surface area contributed by atoms with Crippen LogP contribution in [0.5, 0.6) is 0 Å². The molecule has 0 spiro atoms. The SMILES string of the molecule is CC.N#Cc1nccc(NC2CCN(Cc3ccc(-c4nc5ncccc5nc4-c4ccccc4)cc3)CC2)n1. The fraction of sp³-hybridized carbons (Fsp3) is 0.250. The maximum Gasteiger partial charge on any atom is 0.234 e. The van der Waals surface area contributed by atoms with E-state index in [4.69, 9.17) is 15.2 Å². The van der Waals surface area contributed by atoms with Crippen LogP contribution in [0.2, 0.25) is 0 Å². The Kier molecular flexibility index (Phi) is 8.64. The highest BCUT2D eigenvalue weighted by molar-refractivity contribution is 5.84. The van der Waals surface area contributed by atoms with Crippen molar-refractivity contribution in [1.82, 2.24) is 29.8 Å². The van der Waals surface area contributed by atoms with E-state index in [1.54, 1.807) is 12.4 Å². The summed E-state index contributed by atoms with van der Waals surface area (Å²) in [6, 6.07) is 26.8. The lowest BCUT2D eigenvalue weighted by Crippen LogP contribution is -2.38. The van der Waals surface area contributed by atoms with Crippen molar-refractivity contribution in [2.75, 3.05) is 18.4 Å². The normalized spacial score (nSPS) is 13.7. The Hall–Kier alpha value is -4.74. The molecule has 0 atom stereocenters. The minimum Gasteiger partial charge on any atom is -0.367 e. The molecule has 3 aromatic heterocycles. The molecule has 2 aromatic carbocycles. The predicted octanol–water partition coefficient (Wildman–Crippen LogP) is 6.12. The van der Waals surface area contributed by atoms with Crippen molar-refractivity contribution in [3.8, 4) is 28.6 Å². The van der Waals surface area contributed by atoms with Crippen LogP contribution in [0.3, 0.4) is 0 Å². The Morgan fingerprint density at radius 3 is 2.27 bits per heavy atom. The molecule has 40 heavy (non-hydrogen) atoms. The molecule has 1 aliphatic rings. The van der Waals surface area contributed by atoms with Gasteiger partial charge in [-0.3, -0.25) is 4.90 Å². The van der Waals surface area contributed by atoms with Gasteiger partial charge in [-0.25, -0.2) is 24.9 Å². The monoisotopic (exact) mass is 528 g/mol. The summed E-state index contributed by atoms with van der Waals surface area (Å²) in [7, 11) is 0. The van der Waals surface area contributed by atoms with Crippen molar-refractivity contribution < 1.29 is 0 Å². The molecular weight excluding hydrogens is 496 g/mol. The predicted molar refractivity (Wildman–Crippen MR) is 158 cm³/mol. The summed E-state index contributed by atoms with van der Waals surface area (Å²) >= 11 is 0. The number of hydrogen-bond acceptors (Lipinski definition) is 8. The number of nitrogens with one attached hydrogen (secondary N) is 1. The number of benzene rings is 2. The maximum atomic E-state index is 9.01. The molecule has 0 bridgehead atoms. The van der Waals surface area contributed by atoms with Crippen LogP contribution in [-0.4, -0.2) is 49.0 Å². The number of hydrogen-bond donors (Lipinski definition) is 1. The van der Waals surface area contributed by atoms with E-state index >= 15 is 0 Å². The van der Waals surface area contributed by atoms with Gasteiger partial charge in [-0.1, -0.05) is 68.4 Å². The summed E-state index contributed by atoms with van der Waals surface area (Å²) in [5.74, 6) is 0.908. The third-order valence-electron chi connectivity index (χ3n) is 6.82. The standard InChI is InChI=1S/C30H26N8.C2H6/c31-19-27-32-16-12-26(36-27)34-24-13-17-38(18-14-24)20-21-8-10-23(11-9-21)29-28(22-5-2-1-3-6-22)35-25-7-4-15-33-30(25)37-29;1-2/h1-12,15-16,24H,13-14,17-18,20H2,(H,32,34,36);1-2H3. The van der Waals surface area contributed by atoms with Gasteiger partial charge in [0.15, 0.2) is 5.65 Å². The molecule has 6 rings (SSSR count). The Balaban J connectivity index is 0.00000158. The quantitative estimate of drug-likeness (QED) is 0.281.